The average molecular weight is 223 g/mol. The third-order valence-corrected chi connectivity index (χ3v) is 3.19. The summed E-state index contributed by atoms with van der Waals surface area (Å²) in [7, 11) is 0. The predicted octanol–water partition coefficient (Wildman–Crippen LogP) is 1.27. The second-order valence-corrected chi connectivity index (χ2v) is 4.71. The molecule has 1 aromatic heterocycles. The van der Waals surface area contributed by atoms with Gasteiger partial charge in [0.15, 0.2) is 0 Å². The van der Waals surface area contributed by atoms with E-state index in [1.165, 1.54) is 0 Å². The van der Waals surface area contributed by atoms with Gasteiger partial charge < -0.3 is 11.1 Å². The molecule has 1 atom stereocenters. The lowest BCUT2D eigenvalue weighted by Gasteiger charge is -2.33. The van der Waals surface area contributed by atoms with Gasteiger partial charge in [0, 0.05) is 6.54 Å². The molecule has 1 aromatic rings. The largest absolute Gasteiger partial charge is 0.346 e. The highest BCUT2D eigenvalue weighted by Crippen LogP contribution is 2.19. The molecule has 0 aliphatic rings. The molecule has 0 aromatic carbocycles. The van der Waals surface area contributed by atoms with Crippen LogP contribution in [0.5, 0.6) is 0 Å². The summed E-state index contributed by atoms with van der Waals surface area (Å²) in [6.07, 6.45) is 0. The second kappa shape index (κ2) is 4.74. The fourth-order valence-electron chi connectivity index (χ4n) is 1.20. The van der Waals surface area contributed by atoms with Crippen molar-refractivity contribution in [2.75, 3.05) is 11.9 Å². The monoisotopic (exact) mass is 223 g/mol. The van der Waals surface area contributed by atoms with E-state index in [0.717, 1.165) is 11.4 Å². The van der Waals surface area contributed by atoms with Gasteiger partial charge in [-0.3, -0.25) is 0 Å². The lowest BCUT2D eigenvalue weighted by atomic mass is 9.89. The van der Waals surface area contributed by atoms with Crippen LogP contribution in [0.3, 0.4) is 0 Å². The van der Waals surface area contributed by atoms with Crippen LogP contribution in [0.25, 0.3) is 0 Å². The van der Waals surface area contributed by atoms with Gasteiger partial charge in [-0.25, -0.2) is 4.98 Å². The molecule has 5 nitrogen and oxygen atoms in total. The number of aromatic nitrogens is 3. The van der Waals surface area contributed by atoms with Gasteiger partial charge >= 0.3 is 0 Å². The van der Waals surface area contributed by atoms with Crippen molar-refractivity contribution in [1.29, 1.82) is 0 Å². The zero-order chi connectivity index (χ0) is 12.3. The average Bonchev–Trinajstić information content (AvgIpc) is 2.23. The van der Waals surface area contributed by atoms with E-state index in [9.17, 15) is 0 Å². The molecule has 0 bridgehead atoms. The number of nitrogens with two attached hydrogens (primary N) is 1. The maximum absolute atomic E-state index is 5.79. The van der Waals surface area contributed by atoms with E-state index in [4.69, 9.17) is 5.73 Å². The van der Waals surface area contributed by atoms with E-state index in [2.05, 4.69) is 41.3 Å². The minimum absolute atomic E-state index is 0.205. The Bertz CT molecular complexity index is 363. The molecule has 16 heavy (non-hydrogen) atoms. The zero-order valence-corrected chi connectivity index (χ0v) is 10.7. The fourth-order valence-corrected chi connectivity index (χ4v) is 1.20. The summed E-state index contributed by atoms with van der Waals surface area (Å²) in [6.45, 7) is 10.6. The van der Waals surface area contributed by atoms with Crippen molar-refractivity contribution < 1.29 is 0 Å². The maximum atomic E-state index is 5.79. The smallest absolute Gasteiger partial charge is 0.243 e. The molecule has 0 aliphatic heterocycles. The first-order chi connectivity index (χ1) is 7.39. The number of hydrogen-bond donors (Lipinski definition) is 2. The van der Waals surface area contributed by atoms with E-state index in [0.29, 0.717) is 18.4 Å². The Hall–Kier alpha value is -1.23. The molecule has 0 saturated heterocycles. The lowest BCUT2D eigenvalue weighted by Crippen LogP contribution is -2.47. The fraction of sp³-hybridized carbons (Fsp3) is 0.727. The Kier molecular flexibility index (Phi) is 3.80. The minimum Gasteiger partial charge on any atom is -0.346 e. The first-order valence-electron chi connectivity index (χ1n) is 5.55. The van der Waals surface area contributed by atoms with Gasteiger partial charge in [-0.05, 0) is 26.7 Å². The molecule has 1 heterocycles. The highest BCUT2D eigenvalue weighted by molar-refractivity contribution is 5.29. The highest BCUT2D eigenvalue weighted by atomic mass is 15.3. The standard InChI is InChI=1S/C11H21N5/c1-7(2)11(5,6-12)14-10-13-8(3)9(4)15-16-10/h7H,6,12H2,1-5H3,(H,13,14,16). The summed E-state index contributed by atoms with van der Waals surface area (Å²) in [5.74, 6) is 0.937. The van der Waals surface area contributed by atoms with Crippen molar-refractivity contribution in [2.45, 2.75) is 40.2 Å². The topological polar surface area (TPSA) is 76.7 Å². The predicted molar refractivity (Wildman–Crippen MR) is 65.2 cm³/mol. The summed E-state index contributed by atoms with van der Waals surface area (Å²) in [4.78, 5) is 4.35. The van der Waals surface area contributed by atoms with Crippen LogP contribution in [0.15, 0.2) is 0 Å². The van der Waals surface area contributed by atoms with E-state index >= 15 is 0 Å². The Morgan fingerprint density at radius 2 is 1.88 bits per heavy atom. The number of anilines is 1. The molecule has 3 N–H and O–H groups in total. The molecule has 0 saturated carbocycles. The molecule has 5 heteroatoms. The normalized spacial score (nSPS) is 14.9. The summed E-state index contributed by atoms with van der Waals surface area (Å²) in [5.41, 5.74) is 7.32. The van der Waals surface area contributed by atoms with Gasteiger partial charge in [0.25, 0.3) is 0 Å². The summed E-state index contributed by atoms with van der Waals surface area (Å²) >= 11 is 0. The van der Waals surface area contributed by atoms with Gasteiger partial charge in [-0.1, -0.05) is 13.8 Å². The van der Waals surface area contributed by atoms with Gasteiger partial charge in [-0.15, -0.1) is 5.10 Å². The summed E-state index contributed by atoms with van der Waals surface area (Å²) in [5, 5.41) is 11.3. The summed E-state index contributed by atoms with van der Waals surface area (Å²) in [6, 6.07) is 0. The van der Waals surface area contributed by atoms with Crippen LogP contribution >= 0.6 is 0 Å². The van der Waals surface area contributed by atoms with Crippen LogP contribution in [0.1, 0.15) is 32.2 Å². The maximum Gasteiger partial charge on any atom is 0.243 e. The van der Waals surface area contributed by atoms with Gasteiger partial charge in [0.1, 0.15) is 0 Å². The number of aryl methyl sites for hydroxylation is 2. The van der Waals surface area contributed by atoms with Crippen LogP contribution in [-0.4, -0.2) is 27.3 Å². The Morgan fingerprint density at radius 3 is 2.31 bits per heavy atom. The van der Waals surface area contributed by atoms with Crippen molar-refractivity contribution in [3.8, 4) is 0 Å². The number of nitrogens with zero attached hydrogens (tertiary/aromatic N) is 3. The Labute approximate surface area is 96.9 Å². The van der Waals surface area contributed by atoms with Crippen molar-refractivity contribution in [2.24, 2.45) is 11.7 Å². The molecule has 1 unspecified atom stereocenters. The molecule has 1 rings (SSSR count). The molecule has 0 radical (unpaired) electrons. The van der Waals surface area contributed by atoms with Crippen molar-refractivity contribution in [1.82, 2.24) is 15.2 Å². The van der Waals surface area contributed by atoms with Crippen LogP contribution in [0.4, 0.5) is 5.95 Å². The SMILES string of the molecule is Cc1nnc(NC(C)(CN)C(C)C)nc1C. The lowest BCUT2D eigenvalue weighted by molar-refractivity contribution is 0.379. The number of hydrogen-bond acceptors (Lipinski definition) is 5. The van der Waals surface area contributed by atoms with Gasteiger partial charge in [-0.2, -0.15) is 5.10 Å². The first kappa shape index (κ1) is 12.8. The van der Waals surface area contributed by atoms with Crippen molar-refractivity contribution in [3.63, 3.8) is 0 Å². The van der Waals surface area contributed by atoms with Gasteiger partial charge in [0.05, 0.1) is 16.9 Å². The Morgan fingerprint density at radius 1 is 1.25 bits per heavy atom. The second-order valence-electron chi connectivity index (χ2n) is 4.71. The first-order valence-corrected chi connectivity index (χ1v) is 5.55. The third-order valence-electron chi connectivity index (χ3n) is 3.19. The van der Waals surface area contributed by atoms with Crippen LogP contribution in [0, 0.1) is 19.8 Å². The third kappa shape index (κ3) is 2.66. The molecule has 0 fully saturated rings. The molecular formula is C11H21N5. The van der Waals surface area contributed by atoms with Crippen LogP contribution in [0.2, 0.25) is 0 Å². The number of rotatable bonds is 4. The van der Waals surface area contributed by atoms with E-state index in [1.54, 1.807) is 0 Å². The van der Waals surface area contributed by atoms with Crippen LogP contribution < -0.4 is 11.1 Å². The molecule has 0 amide bonds. The van der Waals surface area contributed by atoms with E-state index in [1.807, 2.05) is 13.8 Å². The van der Waals surface area contributed by atoms with E-state index in [-0.39, 0.29) is 5.54 Å². The number of nitrogens with one attached hydrogen (secondary N) is 1. The Balaban J connectivity index is 2.90. The summed E-state index contributed by atoms with van der Waals surface area (Å²) < 4.78 is 0. The van der Waals surface area contributed by atoms with Crippen LogP contribution in [-0.2, 0) is 0 Å². The highest BCUT2D eigenvalue weighted by Gasteiger charge is 2.27. The zero-order valence-electron chi connectivity index (χ0n) is 10.7. The minimum atomic E-state index is -0.205. The molecule has 0 aliphatic carbocycles. The van der Waals surface area contributed by atoms with Gasteiger partial charge in [0.2, 0.25) is 5.95 Å². The molecule has 0 spiro atoms. The van der Waals surface area contributed by atoms with Crippen molar-refractivity contribution >= 4 is 5.95 Å². The molecule has 90 valence electrons. The van der Waals surface area contributed by atoms with E-state index < -0.39 is 0 Å². The van der Waals surface area contributed by atoms with Crippen molar-refractivity contribution in [3.05, 3.63) is 11.4 Å². The molecular weight excluding hydrogens is 202 g/mol. The quantitative estimate of drug-likeness (QED) is 0.804.